The summed E-state index contributed by atoms with van der Waals surface area (Å²) in [6.45, 7) is 4.24. The van der Waals surface area contributed by atoms with E-state index >= 15 is 0 Å². The SMILES string of the molecule is CN(C)CCCNc1nccc(N2CCCCC2)n1. The molecule has 19 heavy (non-hydrogen) atoms. The molecule has 1 saturated heterocycles. The van der Waals surface area contributed by atoms with Gasteiger partial charge < -0.3 is 15.1 Å². The number of nitrogens with zero attached hydrogens (tertiary/aromatic N) is 4. The summed E-state index contributed by atoms with van der Waals surface area (Å²) in [6, 6.07) is 2.01. The molecule has 0 radical (unpaired) electrons. The normalized spacial score (nSPS) is 15.8. The first-order valence-electron chi connectivity index (χ1n) is 7.22. The Morgan fingerprint density at radius 2 is 2.05 bits per heavy atom. The first-order chi connectivity index (χ1) is 9.25. The fourth-order valence-corrected chi connectivity index (χ4v) is 2.33. The third kappa shape index (κ3) is 4.67. The summed E-state index contributed by atoms with van der Waals surface area (Å²) >= 11 is 0. The maximum atomic E-state index is 4.60. The molecule has 1 N–H and O–H groups in total. The van der Waals surface area contributed by atoms with Crippen LogP contribution in [-0.2, 0) is 0 Å². The Kier molecular flexibility index (Phi) is 5.39. The minimum Gasteiger partial charge on any atom is -0.356 e. The number of aromatic nitrogens is 2. The van der Waals surface area contributed by atoms with E-state index in [1.807, 2.05) is 12.3 Å². The Hall–Kier alpha value is -1.36. The van der Waals surface area contributed by atoms with Crippen molar-refractivity contribution in [3.8, 4) is 0 Å². The Bertz CT molecular complexity index is 374. The van der Waals surface area contributed by atoms with E-state index in [0.717, 1.165) is 44.4 Å². The molecule has 0 atom stereocenters. The predicted octanol–water partition coefficient (Wildman–Crippen LogP) is 1.83. The monoisotopic (exact) mass is 263 g/mol. The van der Waals surface area contributed by atoms with E-state index in [1.165, 1.54) is 19.3 Å². The van der Waals surface area contributed by atoms with E-state index in [2.05, 4.69) is 39.2 Å². The van der Waals surface area contributed by atoms with Crippen molar-refractivity contribution in [3.05, 3.63) is 12.3 Å². The van der Waals surface area contributed by atoms with Crippen LogP contribution in [-0.4, -0.2) is 55.1 Å². The second-order valence-electron chi connectivity index (χ2n) is 5.37. The van der Waals surface area contributed by atoms with Crippen LogP contribution in [0.25, 0.3) is 0 Å². The summed E-state index contributed by atoms with van der Waals surface area (Å²) in [5.41, 5.74) is 0. The molecule has 1 aromatic rings. The summed E-state index contributed by atoms with van der Waals surface area (Å²) in [6.07, 6.45) is 6.85. The van der Waals surface area contributed by atoms with Crippen molar-refractivity contribution in [2.24, 2.45) is 0 Å². The van der Waals surface area contributed by atoms with Gasteiger partial charge in [0.2, 0.25) is 5.95 Å². The van der Waals surface area contributed by atoms with Gasteiger partial charge in [-0.15, -0.1) is 0 Å². The standard InChI is InChI=1S/C14H25N5/c1-18(2)10-6-8-15-14-16-9-7-13(17-14)19-11-4-3-5-12-19/h7,9H,3-6,8,10-12H2,1-2H3,(H,15,16,17). The second kappa shape index (κ2) is 7.28. The summed E-state index contributed by atoms with van der Waals surface area (Å²) in [4.78, 5) is 13.4. The zero-order valence-electron chi connectivity index (χ0n) is 12.1. The van der Waals surface area contributed by atoms with Gasteiger partial charge in [-0.3, -0.25) is 0 Å². The van der Waals surface area contributed by atoms with Gasteiger partial charge in [0.1, 0.15) is 5.82 Å². The van der Waals surface area contributed by atoms with Crippen LogP contribution in [0.3, 0.4) is 0 Å². The van der Waals surface area contributed by atoms with Gasteiger partial charge in [0, 0.05) is 25.8 Å². The van der Waals surface area contributed by atoms with E-state index in [4.69, 9.17) is 0 Å². The van der Waals surface area contributed by atoms with Crippen molar-refractivity contribution in [2.75, 3.05) is 50.5 Å². The van der Waals surface area contributed by atoms with E-state index < -0.39 is 0 Å². The highest BCUT2D eigenvalue weighted by Crippen LogP contribution is 2.17. The molecule has 5 heteroatoms. The summed E-state index contributed by atoms with van der Waals surface area (Å²) in [5, 5.41) is 3.30. The molecule has 0 unspecified atom stereocenters. The van der Waals surface area contributed by atoms with E-state index in [1.54, 1.807) is 0 Å². The average Bonchev–Trinajstić information content (AvgIpc) is 2.45. The molecule has 2 rings (SSSR count). The Morgan fingerprint density at radius 1 is 1.26 bits per heavy atom. The van der Waals surface area contributed by atoms with Crippen LogP contribution in [0, 0.1) is 0 Å². The molecular formula is C14H25N5. The van der Waals surface area contributed by atoms with Gasteiger partial charge in [0.15, 0.2) is 0 Å². The Balaban J connectivity index is 1.84. The predicted molar refractivity (Wildman–Crippen MR) is 79.8 cm³/mol. The maximum absolute atomic E-state index is 4.60. The van der Waals surface area contributed by atoms with Gasteiger partial charge in [-0.1, -0.05) is 0 Å². The van der Waals surface area contributed by atoms with Crippen LogP contribution in [0.15, 0.2) is 12.3 Å². The van der Waals surface area contributed by atoms with Crippen molar-refractivity contribution >= 4 is 11.8 Å². The van der Waals surface area contributed by atoms with Crippen molar-refractivity contribution in [2.45, 2.75) is 25.7 Å². The lowest BCUT2D eigenvalue weighted by molar-refractivity contribution is 0.405. The highest BCUT2D eigenvalue weighted by molar-refractivity contribution is 5.42. The molecule has 0 bridgehead atoms. The number of piperidine rings is 1. The van der Waals surface area contributed by atoms with Gasteiger partial charge >= 0.3 is 0 Å². The van der Waals surface area contributed by atoms with Crippen LogP contribution in [0.4, 0.5) is 11.8 Å². The summed E-state index contributed by atoms with van der Waals surface area (Å²) < 4.78 is 0. The molecule has 1 aliphatic rings. The van der Waals surface area contributed by atoms with Gasteiger partial charge in [-0.25, -0.2) is 4.98 Å². The third-order valence-electron chi connectivity index (χ3n) is 3.39. The molecule has 0 aliphatic carbocycles. The lowest BCUT2D eigenvalue weighted by Gasteiger charge is -2.27. The van der Waals surface area contributed by atoms with Gasteiger partial charge in [0.25, 0.3) is 0 Å². The number of hydrogen-bond acceptors (Lipinski definition) is 5. The molecule has 106 valence electrons. The molecule has 0 aromatic carbocycles. The molecule has 2 heterocycles. The van der Waals surface area contributed by atoms with Crippen LogP contribution >= 0.6 is 0 Å². The minimum absolute atomic E-state index is 0.752. The quantitative estimate of drug-likeness (QED) is 0.793. The zero-order valence-corrected chi connectivity index (χ0v) is 12.1. The molecule has 0 saturated carbocycles. The zero-order chi connectivity index (χ0) is 13.5. The minimum atomic E-state index is 0.752. The number of anilines is 2. The highest BCUT2D eigenvalue weighted by atomic mass is 15.2. The molecule has 5 nitrogen and oxygen atoms in total. The molecule has 0 spiro atoms. The van der Waals surface area contributed by atoms with Crippen molar-refractivity contribution in [1.29, 1.82) is 0 Å². The molecule has 1 aromatic heterocycles. The fourth-order valence-electron chi connectivity index (χ4n) is 2.33. The van der Waals surface area contributed by atoms with Crippen LogP contribution in [0.2, 0.25) is 0 Å². The Labute approximate surface area is 116 Å². The molecule has 0 amide bonds. The lowest BCUT2D eigenvalue weighted by atomic mass is 10.1. The highest BCUT2D eigenvalue weighted by Gasteiger charge is 2.12. The second-order valence-corrected chi connectivity index (χ2v) is 5.37. The topological polar surface area (TPSA) is 44.3 Å². The molecule has 1 fully saturated rings. The van der Waals surface area contributed by atoms with E-state index in [-0.39, 0.29) is 0 Å². The summed E-state index contributed by atoms with van der Waals surface area (Å²) in [5.74, 6) is 1.81. The summed E-state index contributed by atoms with van der Waals surface area (Å²) in [7, 11) is 4.18. The molecular weight excluding hydrogens is 238 g/mol. The largest absolute Gasteiger partial charge is 0.356 e. The number of hydrogen-bond donors (Lipinski definition) is 1. The van der Waals surface area contributed by atoms with Crippen LogP contribution in [0.5, 0.6) is 0 Å². The maximum Gasteiger partial charge on any atom is 0.224 e. The van der Waals surface area contributed by atoms with Crippen LogP contribution in [0.1, 0.15) is 25.7 Å². The van der Waals surface area contributed by atoms with Crippen molar-refractivity contribution in [3.63, 3.8) is 0 Å². The van der Waals surface area contributed by atoms with Crippen molar-refractivity contribution < 1.29 is 0 Å². The first kappa shape index (κ1) is 14.1. The lowest BCUT2D eigenvalue weighted by Crippen LogP contribution is -2.30. The Morgan fingerprint density at radius 3 is 2.79 bits per heavy atom. The van der Waals surface area contributed by atoms with Crippen LogP contribution < -0.4 is 10.2 Å². The van der Waals surface area contributed by atoms with E-state index in [0.29, 0.717) is 0 Å². The third-order valence-corrected chi connectivity index (χ3v) is 3.39. The average molecular weight is 263 g/mol. The molecule has 1 aliphatic heterocycles. The first-order valence-corrected chi connectivity index (χ1v) is 7.22. The van der Waals surface area contributed by atoms with Crippen molar-refractivity contribution in [1.82, 2.24) is 14.9 Å². The van der Waals surface area contributed by atoms with E-state index in [9.17, 15) is 0 Å². The smallest absolute Gasteiger partial charge is 0.224 e. The number of nitrogens with one attached hydrogen (secondary N) is 1. The van der Waals surface area contributed by atoms with Gasteiger partial charge in [-0.05, 0) is 52.4 Å². The van der Waals surface area contributed by atoms with Gasteiger partial charge in [-0.2, -0.15) is 4.98 Å². The fraction of sp³-hybridized carbons (Fsp3) is 0.714. The number of rotatable bonds is 6. The van der Waals surface area contributed by atoms with Gasteiger partial charge in [0.05, 0.1) is 0 Å².